The van der Waals surface area contributed by atoms with Crippen molar-refractivity contribution in [2.75, 3.05) is 38.2 Å². The van der Waals surface area contributed by atoms with Gasteiger partial charge in [0.25, 0.3) is 0 Å². The Morgan fingerprint density at radius 2 is 2.18 bits per heavy atom. The number of nitrogens with one attached hydrogen (secondary N) is 1. The zero-order chi connectivity index (χ0) is 12.5. The van der Waals surface area contributed by atoms with E-state index in [4.69, 9.17) is 5.73 Å². The van der Waals surface area contributed by atoms with Gasteiger partial charge in [-0.1, -0.05) is 0 Å². The molecule has 17 heavy (non-hydrogen) atoms. The monoisotopic (exact) mass is 259 g/mol. The molecule has 1 saturated heterocycles. The molecule has 1 rings (SSSR count). The molecular formula is C12H25N3OS. The van der Waals surface area contributed by atoms with Gasteiger partial charge in [-0.15, -0.1) is 0 Å². The fourth-order valence-corrected chi connectivity index (χ4v) is 2.52. The third-order valence-corrected chi connectivity index (χ3v) is 3.76. The maximum atomic E-state index is 11.6. The molecule has 0 unspecified atom stereocenters. The van der Waals surface area contributed by atoms with E-state index in [2.05, 4.69) is 10.2 Å². The van der Waals surface area contributed by atoms with Gasteiger partial charge in [0, 0.05) is 6.54 Å². The number of hydrogen-bond acceptors (Lipinski definition) is 4. The quantitative estimate of drug-likeness (QED) is 0.629. The molecule has 1 aliphatic rings. The number of carbonyl (C=O) groups is 1. The van der Waals surface area contributed by atoms with Gasteiger partial charge in [-0.2, -0.15) is 11.8 Å². The fraction of sp³-hybridized carbons (Fsp3) is 0.917. The first kappa shape index (κ1) is 14.8. The fourth-order valence-electron chi connectivity index (χ4n) is 2.03. The summed E-state index contributed by atoms with van der Waals surface area (Å²) < 4.78 is 0. The van der Waals surface area contributed by atoms with Gasteiger partial charge in [-0.3, -0.25) is 4.79 Å². The summed E-state index contributed by atoms with van der Waals surface area (Å²) >= 11 is 1.73. The third kappa shape index (κ3) is 6.29. The van der Waals surface area contributed by atoms with Gasteiger partial charge in [-0.05, 0) is 57.3 Å². The summed E-state index contributed by atoms with van der Waals surface area (Å²) in [5.74, 6) is 0.947. The molecule has 100 valence electrons. The van der Waals surface area contributed by atoms with Crippen LogP contribution in [0.2, 0.25) is 0 Å². The van der Waals surface area contributed by atoms with Gasteiger partial charge in [0.2, 0.25) is 5.91 Å². The highest BCUT2D eigenvalue weighted by Gasteiger charge is 2.13. The van der Waals surface area contributed by atoms with Crippen LogP contribution in [0.1, 0.15) is 25.7 Å². The Morgan fingerprint density at radius 1 is 1.47 bits per heavy atom. The minimum Gasteiger partial charge on any atom is -0.355 e. The Morgan fingerprint density at radius 3 is 2.82 bits per heavy atom. The highest BCUT2D eigenvalue weighted by Crippen LogP contribution is 2.06. The van der Waals surface area contributed by atoms with Crippen molar-refractivity contribution in [2.24, 2.45) is 5.73 Å². The summed E-state index contributed by atoms with van der Waals surface area (Å²) in [6.07, 6.45) is 6.47. The van der Waals surface area contributed by atoms with E-state index < -0.39 is 0 Å². The van der Waals surface area contributed by atoms with Crippen molar-refractivity contribution >= 4 is 17.7 Å². The van der Waals surface area contributed by atoms with Crippen molar-refractivity contribution in [1.29, 1.82) is 0 Å². The molecule has 1 heterocycles. The number of likely N-dealkylation sites (tertiary alicyclic amines) is 1. The highest BCUT2D eigenvalue weighted by atomic mass is 32.2. The second-order valence-electron chi connectivity index (χ2n) is 4.58. The summed E-state index contributed by atoms with van der Waals surface area (Å²) in [4.78, 5) is 14.0. The van der Waals surface area contributed by atoms with Crippen LogP contribution in [-0.2, 0) is 4.79 Å². The molecule has 0 saturated carbocycles. The first-order valence-corrected chi connectivity index (χ1v) is 7.88. The van der Waals surface area contributed by atoms with E-state index in [1.165, 1.54) is 25.9 Å². The number of amides is 1. The predicted octanol–water partition coefficient (Wildman–Crippen LogP) is 0.669. The van der Waals surface area contributed by atoms with Crippen molar-refractivity contribution in [3.05, 3.63) is 0 Å². The molecule has 4 nitrogen and oxygen atoms in total. The van der Waals surface area contributed by atoms with Crippen molar-refractivity contribution in [1.82, 2.24) is 10.2 Å². The molecule has 0 aromatic heterocycles. The predicted molar refractivity (Wildman–Crippen MR) is 74.3 cm³/mol. The molecule has 1 aliphatic heterocycles. The lowest BCUT2D eigenvalue weighted by molar-refractivity contribution is -0.122. The van der Waals surface area contributed by atoms with E-state index in [0.717, 1.165) is 31.7 Å². The molecule has 1 atom stereocenters. The maximum Gasteiger partial charge on any atom is 0.236 e. The average molecular weight is 259 g/mol. The van der Waals surface area contributed by atoms with Crippen LogP contribution in [0.4, 0.5) is 0 Å². The van der Waals surface area contributed by atoms with Crippen LogP contribution in [0.15, 0.2) is 0 Å². The smallest absolute Gasteiger partial charge is 0.236 e. The Balaban J connectivity index is 1.98. The van der Waals surface area contributed by atoms with E-state index in [0.29, 0.717) is 0 Å². The lowest BCUT2D eigenvalue weighted by Gasteiger charge is -2.15. The van der Waals surface area contributed by atoms with Crippen molar-refractivity contribution in [3.63, 3.8) is 0 Å². The molecule has 1 amide bonds. The molecule has 3 N–H and O–H groups in total. The lowest BCUT2D eigenvalue weighted by atomic mass is 10.2. The number of thioether (sulfide) groups is 1. The minimum atomic E-state index is -0.339. The molecule has 0 bridgehead atoms. The molecule has 0 radical (unpaired) electrons. The van der Waals surface area contributed by atoms with E-state index in [1.54, 1.807) is 11.8 Å². The van der Waals surface area contributed by atoms with Crippen LogP contribution in [-0.4, -0.2) is 55.0 Å². The number of carbonyl (C=O) groups excluding carboxylic acids is 1. The summed E-state index contributed by atoms with van der Waals surface area (Å²) in [5.41, 5.74) is 5.77. The molecule has 5 heteroatoms. The molecule has 0 aliphatic carbocycles. The highest BCUT2D eigenvalue weighted by molar-refractivity contribution is 7.98. The van der Waals surface area contributed by atoms with Crippen molar-refractivity contribution < 1.29 is 4.79 Å². The topological polar surface area (TPSA) is 58.4 Å². The van der Waals surface area contributed by atoms with E-state index in [-0.39, 0.29) is 11.9 Å². The average Bonchev–Trinajstić information content (AvgIpc) is 2.84. The van der Waals surface area contributed by atoms with Gasteiger partial charge >= 0.3 is 0 Å². The normalized spacial score (nSPS) is 18.2. The summed E-state index contributed by atoms with van der Waals surface area (Å²) in [6, 6.07) is -0.339. The first-order valence-electron chi connectivity index (χ1n) is 6.48. The third-order valence-electron chi connectivity index (χ3n) is 3.12. The van der Waals surface area contributed by atoms with Crippen LogP contribution < -0.4 is 11.1 Å². The first-order chi connectivity index (χ1) is 8.24. The zero-order valence-corrected chi connectivity index (χ0v) is 11.6. The van der Waals surface area contributed by atoms with Gasteiger partial charge in [0.05, 0.1) is 6.04 Å². The number of hydrogen-bond donors (Lipinski definition) is 2. The van der Waals surface area contributed by atoms with Gasteiger partial charge in [0.1, 0.15) is 0 Å². The Kier molecular flexibility index (Phi) is 7.64. The SMILES string of the molecule is CSCC[C@H](N)C(=O)NCCCN1CCCC1. The molecule has 1 fully saturated rings. The number of nitrogens with zero attached hydrogens (tertiary/aromatic N) is 1. The summed E-state index contributed by atoms with van der Waals surface area (Å²) in [6.45, 7) is 4.30. The van der Waals surface area contributed by atoms with Gasteiger partial charge < -0.3 is 16.0 Å². The summed E-state index contributed by atoms with van der Waals surface area (Å²) in [5, 5.41) is 2.92. The van der Waals surface area contributed by atoms with Crippen molar-refractivity contribution in [2.45, 2.75) is 31.7 Å². The summed E-state index contributed by atoms with van der Waals surface area (Å²) in [7, 11) is 0. The largest absolute Gasteiger partial charge is 0.355 e. The van der Waals surface area contributed by atoms with Crippen LogP contribution in [0.3, 0.4) is 0 Å². The van der Waals surface area contributed by atoms with Crippen LogP contribution in [0.25, 0.3) is 0 Å². The molecule has 0 aromatic rings. The number of nitrogens with two attached hydrogens (primary N) is 1. The van der Waals surface area contributed by atoms with Crippen LogP contribution in [0.5, 0.6) is 0 Å². The second-order valence-corrected chi connectivity index (χ2v) is 5.57. The molecule has 0 spiro atoms. The Bertz CT molecular complexity index is 220. The van der Waals surface area contributed by atoms with E-state index in [9.17, 15) is 4.79 Å². The number of rotatable bonds is 8. The zero-order valence-electron chi connectivity index (χ0n) is 10.8. The maximum absolute atomic E-state index is 11.6. The van der Waals surface area contributed by atoms with E-state index in [1.807, 2.05) is 6.26 Å². The standard InChI is InChI=1S/C12H25N3OS/c1-17-10-5-11(13)12(16)14-6-4-9-15-7-2-3-8-15/h11H,2-10,13H2,1H3,(H,14,16)/t11-/m0/s1. The van der Waals surface area contributed by atoms with Crippen molar-refractivity contribution in [3.8, 4) is 0 Å². The van der Waals surface area contributed by atoms with Gasteiger partial charge in [0.15, 0.2) is 0 Å². The van der Waals surface area contributed by atoms with Crippen LogP contribution in [0, 0.1) is 0 Å². The molecule has 0 aromatic carbocycles. The Hall–Kier alpha value is -0.260. The lowest BCUT2D eigenvalue weighted by Crippen LogP contribution is -2.41. The minimum absolute atomic E-state index is 0.000437. The second kappa shape index (κ2) is 8.78. The van der Waals surface area contributed by atoms with E-state index >= 15 is 0 Å². The van der Waals surface area contributed by atoms with Gasteiger partial charge in [-0.25, -0.2) is 0 Å². The molecular weight excluding hydrogens is 234 g/mol. The Labute approximate surface area is 109 Å². The van der Waals surface area contributed by atoms with Crippen LogP contribution >= 0.6 is 11.8 Å².